The van der Waals surface area contributed by atoms with Crippen LogP contribution in [-0.4, -0.2) is 18.9 Å². The van der Waals surface area contributed by atoms with Crippen molar-refractivity contribution in [3.8, 4) is 11.5 Å². The molecule has 0 heterocycles. The fourth-order valence-electron chi connectivity index (χ4n) is 2.15. The Labute approximate surface area is 155 Å². The quantitative estimate of drug-likeness (QED) is 0.492. The number of alkyl halides is 3. The molecule has 0 unspecified atom stereocenters. The van der Waals surface area contributed by atoms with Gasteiger partial charge in [-0.2, -0.15) is 0 Å². The van der Waals surface area contributed by atoms with Gasteiger partial charge in [0.1, 0.15) is 11.5 Å². The van der Waals surface area contributed by atoms with Crippen LogP contribution in [0, 0.1) is 0 Å². The van der Waals surface area contributed by atoms with Gasteiger partial charge in [-0.05, 0) is 42.3 Å². The minimum Gasteiger partial charge on any atom is -0.491 e. The summed E-state index contributed by atoms with van der Waals surface area (Å²) in [5.41, 5.74) is 1.12. The number of rotatable bonds is 8. The number of nitrogens with one attached hydrogen (secondary N) is 1. The molecular weight excluding hydrogens is 359 g/mol. The fourth-order valence-corrected chi connectivity index (χ4v) is 2.15. The molecule has 0 radical (unpaired) electrons. The third kappa shape index (κ3) is 7.43. The summed E-state index contributed by atoms with van der Waals surface area (Å²) < 4.78 is 45.8. The topological polar surface area (TPSA) is 47.6 Å². The fraction of sp³-hybridized carbons (Fsp3) is 0.250. The van der Waals surface area contributed by atoms with Gasteiger partial charge < -0.3 is 14.8 Å². The number of anilines is 1. The van der Waals surface area contributed by atoms with Gasteiger partial charge in [0.05, 0.1) is 12.3 Å². The second-order valence-electron chi connectivity index (χ2n) is 5.64. The lowest BCUT2D eigenvalue weighted by Gasteiger charge is -2.11. The molecule has 0 spiro atoms. The third-order valence-corrected chi connectivity index (χ3v) is 3.44. The van der Waals surface area contributed by atoms with Crippen molar-refractivity contribution in [1.82, 2.24) is 0 Å². The maximum Gasteiger partial charge on any atom is 0.573 e. The van der Waals surface area contributed by atoms with Gasteiger partial charge in [-0.3, -0.25) is 4.79 Å². The summed E-state index contributed by atoms with van der Waals surface area (Å²) >= 11 is 0. The molecular formula is C20H20F3NO3. The van der Waals surface area contributed by atoms with E-state index in [0.717, 1.165) is 12.8 Å². The van der Waals surface area contributed by atoms with Crippen LogP contribution in [0.3, 0.4) is 0 Å². The van der Waals surface area contributed by atoms with E-state index in [1.807, 2.05) is 6.07 Å². The lowest BCUT2D eigenvalue weighted by Crippen LogP contribution is -2.16. The largest absolute Gasteiger partial charge is 0.573 e. The van der Waals surface area contributed by atoms with Crippen LogP contribution in [0.15, 0.2) is 54.6 Å². The van der Waals surface area contributed by atoms with E-state index in [-0.39, 0.29) is 11.7 Å². The zero-order valence-corrected chi connectivity index (χ0v) is 14.8. The van der Waals surface area contributed by atoms with Crippen LogP contribution in [-0.2, 0) is 4.79 Å². The number of halogens is 3. The van der Waals surface area contributed by atoms with Crippen molar-refractivity contribution in [1.29, 1.82) is 0 Å². The Morgan fingerprint density at radius 1 is 1.11 bits per heavy atom. The van der Waals surface area contributed by atoms with E-state index in [1.165, 1.54) is 36.4 Å². The molecule has 2 rings (SSSR count). The number of amides is 1. The molecule has 0 aromatic heterocycles. The Morgan fingerprint density at radius 3 is 2.48 bits per heavy atom. The number of unbranched alkanes of at least 4 members (excludes halogenated alkanes) is 1. The highest BCUT2D eigenvalue weighted by molar-refractivity contribution is 6.02. The van der Waals surface area contributed by atoms with Gasteiger partial charge >= 0.3 is 6.36 Å². The molecule has 0 atom stereocenters. The molecule has 0 aliphatic carbocycles. The second kappa shape index (κ2) is 9.66. The molecule has 0 aliphatic rings. The van der Waals surface area contributed by atoms with Crippen LogP contribution in [0.1, 0.15) is 25.3 Å². The summed E-state index contributed by atoms with van der Waals surface area (Å²) in [6, 6.07) is 12.3. The number of carbonyl (C=O) groups is 1. The van der Waals surface area contributed by atoms with E-state index in [4.69, 9.17) is 4.74 Å². The normalized spacial score (nSPS) is 11.4. The SMILES string of the molecule is CCCCOc1ccccc1NC(=O)/C=C/c1ccc(OC(F)(F)F)cc1. The minimum absolute atomic E-state index is 0.317. The highest BCUT2D eigenvalue weighted by Crippen LogP contribution is 2.25. The average molecular weight is 379 g/mol. The number of hydrogen-bond donors (Lipinski definition) is 1. The number of carbonyl (C=O) groups excluding carboxylic acids is 1. The van der Waals surface area contributed by atoms with Crippen LogP contribution in [0.25, 0.3) is 6.08 Å². The molecule has 1 N–H and O–H groups in total. The molecule has 4 nitrogen and oxygen atoms in total. The first-order valence-corrected chi connectivity index (χ1v) is 8.44. The van der Waals surface area contributed by atoms with Crippen molar-refractivity contribution in [2.45, 2.75) is 26.1 Å². The van der Waals surface area contributed by atoms with E-state index in [0.29, 0.717) is 23.6 Å². The van der Waals surface area contributed by atoms with Crippen molar-refractivity contribution in [3.63, 3.8) is 0 Å². The lowest BCUT2D eigenvalue weighted by atomic mass is 10.2. The summed E-state index contributed by atoms with van der Waals surface area (Å²) in [7, 11) is 0. The van der Waals surface area contributed by atoms with E-state index in [1.54, 1.807) is 18.2 Å². The molecule has 0 aliphatic heterocycles. The summed E-state index contributed by atoms with van der Waals surface area (Å²) in [6.07, 6.45) is -0.0279. The molecule has 144 valence electrons. The summed E-state index contributed by atoms with van der Waals surface area (Å²) in [5.74, 6) is -0.110. The van der Waals surface area contributed by atoms with Crippen LogP contribution >= 0.6 is 0 Å². The van der Waals surface area contributed by atoms with Gasteiger partial charge in [-0.1, -0.05) is 37.6 Å². The van der Waals surface area contributed by atoms with Gasteiger partial charge in [-0.15, -0.1) is 13.2 Å². The van der Waals surface area contributed by atoms with Gasteiger partial charge in [0.15, 0.2) is 0 Å². The first kappa shape index (κ1) is 20.4. The van der Waals surface area contributed by atoms with Crippen LogP contribution in [0.5, 0.6) is 11.5 Å². The second-order valence-corrected chi connectivity index (χ2v) is 5.64. The molecule has 0 saturated carbocycles. The minimum atomic E-state index is -4.73. The van der Waals surface area contributed by atoms with Gasteiger partial charge in [0, 0.05) is 6.08 Å². The lowest BCUT2D eigenvalue weighted by molar-refractivity contribution is -0.274. The first-order valence-electron chi connectivity index (χ1n) is 8.44. The van der Waals surface area contributed by atoms with Crippen molar-refractivity contribution in [2.24, 2.45) is 0 Å². The number of benzene rings is 2. The maximum absolute atomic E-state index is 12.1. The van der Waals surface area contributed by atoms with Crippen molar-refractivity contribution in [3.05, 3.63) is 60.2 Å². The Kier molecular flexibility index (Phi) is 7.28. The monoisotopic (exact) mass is 379 g/mol. The van der Waals surface area contributed by atoms with E-state index in [9.17, 15) is 18.0 Å². The molecule has 2 aromatic rings. The Balaban J connectivity index is 1.95. The molecule has 1 amide bonds. The molecule has 27 heavy (non-hydrogen) atoms. The van der Waals surface area contributed by atoms with Crippen molar-refractivity contribution >= 4 is 17.7 Å². The molecule has 0 saturated heterocycles. The van der Waals surface area contributed by atoms with E-state index >= 15 is 0 Å². The Morgan fingerprint density at radius 2 is 1.81 bits per heavy atom. The van der Waals surface area contributed by atoms with Gasteiger partial charge in [0.25, 0.3) is 0 Å². The summed E-state index contributed by atoms with van der Waals surface area (Å²) in [6.45, 7) is 2.62. The van der Waals surface area contributed by atoms with Crippen LogP contribution in [0.2, 0.25) is 0 Å². The van der Waals surface area contributed by atoms with Gasteiger partial charge in [-0.25, -0.2) is 0 Å². The predicted octanol–water partition coefficient (Wildman–Crippen LogP) is 5.42. The predicted molar refractivity (Wildman–Crippen MR) is 97.6 cm³/mol. The standard InChI is InChI=1S/C20H20F3NO3/c1-2-3-14-26-18-7-5-4-6-17(18)24-19(25)13-10-15-8-11-16(12-9-15)27-20(21,22)23/h4-13H,2-3,14H2,1H3,(H,24,25)/b13-10+. The zero-order chi connectivity index (χ0) is 19.7. The van der Waals surface area contributed by atoms with Crippen molar-refractivity contribution < 1.29 is 27.4 Å². The number of para-hydroxylation sites is 2. The Hall–Kier alpha value is -2.96. The summed E-state index contributed by atoms with van der Waals surface area (Å²) in [5, 5.41) is 2.73. The maximum atomic E-state index is 12.1. The van der Waals surface area contributed by atoms with Gasteiger partial charge in [0.2, 0.25) is 5.91 Å². The van der Waals surface area contributed by atoms with Crippen molar-refractivity contribution in [2.75, 3.05) is 11.9 Å². The zero-order valence-electron chi connectivity index (χ0n) is 14.8. The molecule has 0 bridgehead atoms. The smallest absolute Gasteiger partial charge is 0.491 e. The molecule has 0 fully saturated rings. The third-order valence-electron chi connectivity index (χ3n) is 3.44. The average Bonchev–Trinajstić information content (AvgIpc) is 2.61. The number of hydrogen-bond acceptors (Lipinski definition) is 3. The van der Waals surface area contributed by atoms with E-state index in [2.05, 4.69) is 17.0 Å². The Bertz CT molecular complexity index is 771. The first-order chi connectivity index (χ1) is 12.9. The van der Waals surface area contributed by atoms with E-state index < -0.39 is 6.36 Å². The molecule has 7 heteroatoms. The van der Waals surface area contributed by atoms with Crippen LogP contribution in [0.4, 0.5) is 18.9 Å². The summed E-state index contributed by atoms with van der Waals surface area (Å²) in [4.78, 5) is 12.1. The van der Waals surface area contributed by atoms with Crippen LogP contribution < -0.4 is 14.8 Å². The highest BCUT2D eigenvalue weighted by Gasteiger charge is 2.30. The number of ether oxygens (including phenoxy) is 2. The highest BCUT2D eigenvalue weighted by atomic mass is 19.4. The molecule has 2 aromatic carbocycles.